The molecule has 92 valence electrons. The van der Waals surface area contributed by atoms with Crippen molar-refractivity contribution in [3.63, 3.8) is 0 Å². The summed E-state index contributed by atoms with van der Waals surface area (Å²) < 4.78 is 5.52. The van der Waals surface area contributed by atoms with E-state index in [4.69, 9.17) is 4.74 Å². The summed E-state index contributed by atoms with van der Waals surface area (Å²) in [6, 6.07) is 1.48. The van der Waals surface area contributed by atoms with Crippen LogP contribution in [0.1, 0.15) is 32.6 Å². The molecule has 2 aliphatic rings. The lowest BCUT2D eigenvalue weighted by atomic mass is 10.1. The summed E-state index contributed by atoms with van der Waals surface area (Å²) in [7, 11) is 2.24. The summed E-state index contributed by atoms with van der Waals surface area (Å²) >= 11 is 0. The zero-order chi connectivity index (χ0) is 11.4. The van der Waals surface area contributed by atoms with E-state index in [2.05, 4.69) is 30.3 Å². The predicted octanol–water partition coefficient (Wildman–Crippen LogP) is 1.75. The van der Waals surface area contributed by atoms with Crippen LogP contribution in [0.5, 0.6) is 0 Å². The van der Waals surface area contributed by atoms with Crippen LogP contribution in [0.4, 0.5) is 0 Å². The fourth-order valence-electron chi connectivity index (χ4n) is 2.17. The third kappa shape index (κ3) is 3.49. The molecule has 3 heteroatoms. The molecule has 0 saturated heterocycles. The van der Waals surface area contributed by atoms with Gasteiger partial charge in [0.05, 0.1) is 6.26 Å². The summed E-state index contributed by atoms with van der Waals surface area (Å²) in [4.78, 5) is 2.49. The fourth-order valence-corrected chi connectivity index (χ4v) is 2.17. The van der Waals surface area contributed by atoms with Gasteiger partial charge in [-0.3, -0.25) is 4.90 Å². The van der Waals surface area contributed by atoms with Gasteiger partial charge < -0.3 is 10.1 Å². The third-order valence-electron chi connectivity index (χ3n) is 3.65. The number of hydrogen-bond acceptors (Lipinski definition) is 3. The molecule has 2 rings (SSSR count). The van der Waals surface area contributed by atoms with E-state index in [1.54, 1.807) is 0 Å². The quantitative estimate of drug-likeness (QED) is 0.744. The number of nitrogens with zero attached hydrogens (tertiary/aromatic N) is 1. The molecule has 0 aromatic rings. The van der Waals surface area contributed by atoms with Crippen LogP contribution in [0.2, 0.25) is 0 Å². The highest BCUT2D eigenvalue weighted by Gasteiger charge is 2.28. The number of nitrogens with one attached hydrogen (secondary N) is 1. The van der Waals surface area contributed by atoms with Crippen LogP contribution in [0.25, 0.3) is 0 Å². The molecule has 0 amide bonds. The SMILES string of the molecule is CC(CNCC1CCC=CO1)N(C)C1CC1. The minimum atomic E-state index is 0.378. The smallest absolute Gasteiger partial charge is 0.110 e. The van der Waals surface area contributed by atoms with E-state index < -0.39 is 0 Å². The Hall–Kier alpha value is -0.540. The summed E-state index contributed by atoms with van der Waals surface area (Å²) in [5, 5.41) is 3.52. The molecule has 0 aromatic carbocycles. The molecule has 1 N–H and O–H groups in total. The molecule has 0 radical (unpaired) electrons. The largest absolute Gasteiger partial charge is 0.497 e. The minimum Gasteiger partial charge on any atom is -0.497 e. The highest BCUT2D eigenvalue weighted by molar-refractivity contribution is 4.86. The summed E-state index contributed by atoms with van der Waals surface area (Å²) in [6.45, 7) is 4.34. The molecule has 1 saturated carbocycles. The van der Waals surface area contributed by atoms with E-state index in [-0.39, 0.29) is 0 Å². The minimum absolute atomic E-state index is 0.378. The third-order valence-corrected chi connectivity index (χ3v) is 3.65. The Bertz CT molecular complexity index is 238. The number of allylic oxidation sites excluding steroid dienone is 1. The van der Waals surface area contributed by atoms with Crippen molar-refractivity contribution in [1.82, 2.24) is 10.2 Å². The Labute approximate surface area is 98.8 Å². The van der Waals surface area contributed by atoms with Crippen LogP contribution in [0.3, 0.4) is 0 Å². The lowest BCUT2D eigenvalue weighted by Crippen LogP contribution is -2.41. The average molecular weight is 224 g/mol. The molecule has 1 heterocycles. The second-order valence-electron chi connectivity index (χ2n) is 5.11. The van der Waals surface area contributed by atoms with E-state index in [0.717, 1.165) is 32.0 Å². The van der Waals surface area contributed by atoms with Gasteiger partial charge in [-0.25, -0.2) is 0 Å². The first-order valence-corrected chi connectivity index (χ1v) is 6.50. The van der Waals surface area contributed by atoms with Gasteiger partial charge in [-0.1, -0.05) is 0 Å². The molecule has 0 bridgehead atoms. The van der Waals surface area contributed by atoms with Crippen LogP contribution < -0.4 is 5.32 Å². The Morgan fingerprint density at radius 3 is 2.88 bits per heavy atom. The van der Waals surface area contributed by atoms with Crippen molar-refractivity contribution >= 4 is 0 Å². The van der Waals surface area contributed by atoms with Gasteiger partial charge in [0, 0.05) is 25.2 Å². The maximum absolute atomic E-state index is 5.52. The molecule has 2 atom stereocenters. The van der Waals surface area contributed by atoms with Crippen molar-refractivity contribution < 1.29 is 4.74 Å². The topological polar surface area (TPSA) is 24.5 Å². The van der Waals surface area contributed by atoms with Crippen LogP contribution in [-0.4, -0.2) is 43.2 Å². The first-order valence-electron chi connectivity index (χ1n) is 6.50. The molecule has 1 aliphatic heterocycles. The van der Waals surface area contributed by atoms with Gasteiger partial charge in [-0.2, -0.15) is 0 Å². The van der Waals surface area contributed by atoms with E-state index >= 15 is 0 Å². The van der Waals surface area contributed by atoms with Crippen LogP contribution >= 0.6 is 0 Å². The monoisotopic (exact) mass is 224 g/mol. The molecule has 1 fully saturated rings. The first kappa shape index (κ1) is 11.9. The van der Waals surface area contributed by atoms with Gasteiger partial charge >= 0.3 is 0 Å². The normalized spacial score (nSPS) is 26.8. The molecular weight excluding hydrogens is 200 g/mol. The lowest BCUT2D eigenvalue weighted by molar-refractivity contribution is 0.119. The van der Waals surface area contributed by atoms with Crippen LogP contribution in [0.15, 0.2) is 12.3 Å². The van der Waals surface area contributed by atoms with E-state index in [1.165, 1.54) is 12.8 Å². The van der Waals surface area contributed by atoms with Gasteiger partial charge in [0.15, 0.2) is 0 Å². The summed E-state index contributed by atoms with van der Waals surface area (Å²) in [5.41, 5.74) is 0. The van der Waals surface area contributed by atoms with E-state index in [0.29, 0.717) is 12.1 Å². The highest BCUT2D eigenvalue weighted by Crippen LogP contribution is 2.26. The van der Waals surface area contributed by atoms with Gasteiger partial charge in [0.25, 0.3) is 0 Å². The van der Waals surface area contributed by atoms with Crippen molar-refractivity contribution in [2.45, 2.75) is 50.8 Å². The standard InChI is InChI=1S/C13H24N2O/c1-11(15(2)12-6-7-12)9-14-10-13-5-3-4-8-16-13/h4,8,11-14H,3,5-7,9-10H2,1-2H3. The zero-order valence-electron chi connectivity index (χ0n) is 10.5. The second-order valence-corrected chi connectivity index (χ2v) is 5.11. The van der Waals surface area contributed by atoms with Crippen molar-refractivity contribution in [3.8, 4) is 0 Å². The number of hydrogen-bond donors (Lipinski definition) is 1. The molecule has 0 spiro atoms. The zero-order valence-corrected chi connectivity index (χ0v) is 10.5. The molecule has 0 aromatic heterocycles. The lowest BCUT2D eigenvalue weighted by Gasteiger charge is -2.26. The molecular formula is C13H24N2O. The van der Waals surface area contributed by atoms with Crippen molar-refractivity contribution in [2.75, 3.05) is 20.1 Å². The average Bonchev–Trinajstić information content (AvgIpc) is 3.13. The summed E-state index contributed by atoms with van der Waals surface area (Å²) in [5.74, 6) is 0. The van der Waals surface area contributed by atoms with Crippen molar-refractivity contribution in [1.29, 1.82) is 0 Å². The number of rotatable bonds is 6. The Kier molecular flexibility index (Phi) is 4.24. The van der Waals surface area contributed by atoms with Gasteiger partial charge in [0.2, 0.25) is 0 Å². The summed E-state index contributed by atoms with van der Waals surface area (Å²) in [6.07, 6.45) is 9.40. The van der Waals surface area contributed by atoms with Crippen LogP contribution in [0, 0.1) is 0 Å². The maximum atomic E-state index is 5.52. The number of likely N-dealkylation sites (N-methyl/N-ethyl adjacent to an activating group) is 1. The molecule has 2 unspecified atom stereocenters. The van der Waals surface area contributed by atoms with Gasteiger partial charge in [0.1, 0.15) is 6.10 Å². The Balaban J connectivity index is 1.57. The van der Waals surface area contributed by atoms with E-state index in [9.17, 15) is 0 Å². The Morgan fingerprint density at radius 1 is 1.44 bits per heavy atom. The highest BCUT2D eigenvalue weighted by atomic mass is 16.5. The van der Waals surface area contributed by atoms with Gasteiger partial charge in [-0.15, -0.1) is 0 Å². The maximum Gasteiger partial charge on any atom is 0.110 e. The number of ether oxygens (including phenoxy) is 1. The molecule has 16 heavy (non-hydrogen) atoms. The van der Waals surface area contributed by atoms with Crippen LogP contribution in [-0.2, 0) is 4.74 Å². The van der Waals surface area contributed by atoms with Crippen molar-refractivity contribution in [2.24, 2.45) is 0 Å². The Morgan fingerprint density at radius 2 is 2.25 bits per heavy atom. The van der Waals surface area contributed by atoms with E-state index in [1.807, 2.05) is 6.26 Å². The molecule has 1 aliphatic carbocycles. The molecule has 3 nitrogen and oxygen atoms in total. The fraction of sp³-hybridized carbons (Fsp3) is 0.846. The first-order chi connectivity index (χ1) is 7.77. The van der Waals surface area contributed by atoms with Gasteiger partial charge in [-0.05, 0) is 45.7 Å². The van der Waals surface area contributed by atoms with Crippen molar-refractivity contribution in [3.05, 3.63) is 12.3 Å². The second kappa shape index (κ2) is 5.69. The predicted molar refractivity (Wildman–Crippen MR) is 66.4 cm³/mol.